The van der Waals surface area contributed by atoms with Crippen LogP contribution in [0.4, 0.5) is 5.82 Å². The SMILES string of the molecule is Cc1ccc(NCCCCCCC(C)C)nc1. The van der Waals surface area contributed by atoms with Gasteiger partial charge in [0, 0.05) is 12.7 Å². The summed E-state index contributed by atoms with van der Waals surface area (Å²) in [6, 6.07) is 4.14. The lowest BCUT2D eigenvalue weighted by Crippen LogP contribution is -2.03. The van der Waals surface area contributed by atoms with Gasteiger partial charge in [-0.2, -0.15) is 0 Å². The smallest absolute Gasteiger partial charge is 0.125 e. The zero-order valence-electron chi connectivity index (χ0n) is 11.5. The Kier molecular flexibility index (Phi) is 6.68. The molecule has 1 aromatic rings. The van der Waals surface area contributed by atoms with Crippen LogP contribution < -0.4 is 5.32 Å². The molecule has 0 aromatic carbocycles. The van der Waals surface area contributed by atoms with Gasteiger partial charge in [-0.3, -0.25) is 0 Å². The Morgan fingerprint density at radius 2 is 1.88 bits per heavy atom. The van der Waals surface area contributed by atoms with Gasteiger partial charge in [-0.25, -0.2) is 4.98 Å². The van der Waals surface area contributed by atoms with Crippen LogP contribution in [0.3, 0.4) is 0 Å². The van der Waals surface area contributed by atoms with E-state index >= 15 is 0 Å². The first kappa shape index (κ1) is 14.0. The van der Waals surface area contributed by atoms with Crippen molar-refractivity contribution in [3.05, 3.63) is 23.9 Å². The zero-order chi connectivity index (χ0) is 12.5. The normalized spacial score (nSPS) is 10.8. The Labute approximate surface area is 106 Å². The predicted molar refractivity (Wildman–Crippen MR) is 75.4 cm³/mol. The van der Waals surface area contributed by atoms with Crippen LogP contribution >= 0.6 is 0 Å². The van der Waals surface area contributed by atoms with Crippen molar-refractivity contribution in [3.63, 3.8) is 0 Å². The van der Waals surface area contributed by atoms with Crippen molar-refractivity contribution in [3.8, 4) is 0 Å². The van der Waals surface area contributed by atoms with E-state index in [0.29, 0.717) is 0 Å². The number of anilines is 1. The van der Waals surface area contributed by atoms with Gasteiger partial charge < -0.3 is 5.32 Å². The second kappa shape index (κ2) is 8.10. The number of pyridine rings is 1. The van der Waals surface area contributed by atoms with Crippen LogP contribution in [0.2, 0.25) is 0 Å². The lowest BCUT2D eigenvalue weighted by atomic mass is 10.0. The van der Waals surface area contributed by atoms with Gasteiger partial charge in [0.2, 0.25) is 0 Å². The molecule has 0 unspecified atom stereocenters. The second-order valence-electron chi connectivity index (χ2n) is 5.24. The molecule has 1 N–H and O–H groups in total. The van der Waals surface area contributed by atoms with Gasteiger partial charge in [-0.05, 0) is 30.9 Å². The topological polar surface area (TPSA) is 24.9 Å². The molecule has 0 saturated heterocycles. The molecule has 0 radical (unpaired) electrons. The van der Waals surface area contributed by atoms with Crippen molar-refractivity contribution in [1.29, 1.82) is 0 Å². The molecule has 0 aliphatic rings. The maximum absolute atomic E-state index is 4.32. The number of nitrogens with one attached hydrogen (secondary N) is 1. The Balaban J connectivity index is 1.99. The summed E-state index contributed by atoms with van der Waals surface area (Å²) in [7, 11) is 0. The number of aryl methyl sites for hydroxylation is 1. The van der Waals surface area contributed by atoms with E-state index in [4.69, 9.17) is 0 Å². The average Bonchev–Trinajstić information content (AvgIpc) is 2.30. The van der Waals surface area contributed by atoms with Gasteiger partial charge >= 0.3 is 0 Å². The van der Waals surface area contributed by atoms with Crippen LogP contribution in [0.1, 0.15) is 51.5 Å². The summed E-state index contributed by atoms with van der Waals surface area (Å²) in [4.78, 5) is 4.32. The third-order valence-corrected chi connectivity index (χ3v) is 2.93. The zero-order valence-corrected chi connectivity index (χ0v) is 11.5. The fraction of sp³-hybridized carbons (Fsp3) is 0.667. The molecular formula is C15H26N2. The monoisotopic (exact) mass is 234 g/mol. The Hall–Kier alpha value is -1.05. The van der Waals surface area contributed by atoms with E-state index in [1.165, 1.54) is 37.7 Å². The molecule has 2 nitrogen and oxygen atoms in total. The summed E-state index contributed by atoms with van der Waals surface area (Å²) in [6.07, 6.45) is 8.58. The highest BCUT2D eigenvalue weighted by Gasteiger charge is 1.95. The van der Waals surface area contributed by atoms with Crippen molar-refractivity contribution < 1.29 is 0 Å². The van der Waals surface area contributed by atoms with Crippen LogP contribution in [-0.2, 0) is 0 Å². The van der Waals surface area contributed by atoms with Gasteiger partial charge in [0.1, 0.15) is 5.82 Å². The Bertz CT molecular complexity index is 290. The Morgan fingerprint density at radius 3 is 2.53 bits per heavy atom. The van der Waals surface area contributed by atoms with Gasteiger partial charge in [0.15, 0.2) is 0 Å². The predicted octanol–water partition coefficient (Wildman–Crippen LogP) is 4.41. The van der Waals surface area contributed by atoms with Crippen molar-refractivity contribution in [2.75, 3.05) is 11.9 Å². The van der Waals surface area contributed by atoms with Crippen molar-refractivity contribution in [2.45, 2.75) is 52.9 Å². The summed E-state index contributed by atoms with van der Waals surface area (Å²) in [6.45, 7) is 7.69. The highest BCUT2D eigenvalue weighted by Crippen LogP contribution is 2.10. The molecule has 0 fully saturated rings. The minimum absolute atomic E-state index is 0.852. The Morgan fingerprint density at radius 1 is 1.12 bits per heavy atom. The van der Waals surface area contributed by atoms with E-state index in [1.54, 1.807) is 0 Å². The van der Waals surface area contributed by atoms with E-state index in [0.717, 1.165) is 18.3 Å². The fourth-order valence-electron chi connectivity index (χ4n) is 1.82. The molecule has 0 bridgehead atoms. The number of rotatable bonds is 8. The van der Waals surface area contributed by atoms with E-state index in [2.05, 4.69) is 37.1 Å². The molecule has 0 atom stereocenters. The minimum atomic E-state index is 0.852. The molecule has 1 rings (SSSR count). The number of aromatic nitrogens is 1. The van der Waals surface area contributed by atoms with Crippen molar-refractivity contribution in [1.82, 2.24) is 4.98 Å². The fourth-order valence-corrected chi connectivity index (χ4v) is 1.82. The number of unbranched alkanes of at least 4 members (excludes halogenated alkanes) is 3. The summed E-state index contributed by atoms with van der Waals surface area (Å²) < 4.78 is 0. The molecule has 2 heteroatoms. The van der Waals surface area contributed by atoms with Gasteiger partial charge in [-0.15, -0.1) is 0 Å². The molecule has 0 spiro atoms. The summed E-state index contributed by atoms with van der Waals surface area (Å²) in [5.74, 6) is 1.85. The molecule has 0 aliphatic carbocycles. The molecule has 0 aliphatic heterocycles. The first-order valence-corrected chi connectivity index (χ1v) is 6.85. The van der Waals surface area contributed by atoms with Gasteiger partial charge in [-0.1, -0.05) is 45.6 Å². The van der Waals surface area contributed by atoms with E-state index in [-0.39, 0.29) is 0 Å². The average molecular weight is 234 g/mol. The molecule has 96 valence electrons. The van der Waals surface area contributed by atoms with Crippen molar-refractivity contribution >= 4 is 5.82 Å². The van der Waals surface area contributed by atoms with E-state index < -0.39 is 0 Å². The molecule has 1 heterocycles. The van der Waals surface area contributed by atoms with Crippen molar-refractivity contribution in [2.24, 2.45) is 5.92 Å². The maximum atomic E-state index is 4.32. The lowest BCUT2D eigenvalue weighted by Gasteiger charge is -2.06. The van der Waals surface area contributed by atoms with Gasteiger partial charge in [0.25, 0.3) is 0 Å². The highest BCUT2D eigenvalue weighted by molar-refractivity contribution is 5.34. The molecule has 0 amide bonds. The largest absolute Gasteiger partial charge is 0.370 e. The van der Waals surface area contributed by atoms with Gasteiger partial charge in [0.05, 0.1) is 0 Å². The molecule has 0 saturated carbocycles. The summed E-state index contributed by atoms with van der Waals surface area (Å²) in [5, 5.41) is 3.36. The van der Waals surface area contributed by atoms with E-state index in [9.17, 15) is 0 Å². The van der Waals surface area contributed by atoms with Crippen LogP contribution in [0.25, 0.3) is 0 Å². The maximum Gasteiger partial charge on any atom is 0.125 e. The summed E-state index contributed by atoms with van der Waals surface area (Å²) in [5.41, 5.74) is 1.21. The lowest BCUT2D eigenvalue weighted by molar-refractivity contribution is 0.523. The summed E-state index contributed by atoms with van der Waals surface area (Å²) >= 11 is 0. The van der Waals surface area contributed by atoms with Crippen LogP contribution in [0.5, 0.6) is 0 Å². The molecular weight excluding hydrogens is 208 g/mol. The van der Waals surface area contributed by atoms with E-state index in [1.807, 2.05) is 12.3 Å². The van der Waals surface area contributed by atoms with Crippen LogP contribution in [0.15, 0.2) is 18.3 Å². The standard InChI is InChI=1S/C15H26N2/c1-13(2)8-6-4-5-7-11-16-15-10-9-14(3)12-17-15/h9-10,12-13H,4-8,11H2,1-3H3,(H,16,17). The number of hydrogen-bond acceptors (Lipinski definition) is 2. The third kappa shape index (κ3) is 6.98. The van der Waals surface area contributed by atoms with Crippen LogP contribution in [0, 0.1) is 12.8 Å². The third-order valence-electron chi connectivity index (χ3n) is 2.93. The van der Waals surface area contributed by atoms with Crippen LogP contribution in [-0.4, -0.2) is 11.5 Å². The quantitative estimate of drug-likeness (QED) is 0.674. The minimum Gasteiger partial charge on any atom is -0.370 e. The highest BCUT2D eigenvalue weighted by atomic mass is 15.0. The first-order valence-electron chi connectivity index (χ1n) is 6.85. The first-order chi connectivity index (χ1) is 8.18. The molecule has 1 aromatic heterocycles. The number of hydrogen-bond donors (Lipinski definition) is 1. The number of nitrogens with zero attached hydrogens (tertiary/aromatic N) is 1. The molecule has 17 heavy (non-hydrogen) atoms. The second-order valence-corrected chi connectivity index (χ2v) is 5.24.